The summed E-state index contributed by atoms with van der Waals surface area (Å²) in [5, 5.41) is 14.0. The summed E-state index contributed by atoms with van der Waals surface area (Å²) < 4.78 is 30.9. The highest BCUT2D eigenvalue weighted by Crippen LogP contribution is 2.39. The molecule has 2 rings (SSSR count). The van der Waals surface area contributed by atoms with Crippen LogP contribution in [0.15, 0.2) is 49.3 Å². The van der Waals surface area contributed by atoms with E-state index in [1.165, 1.54) is 18.3 Å². The van der Waals surface area contributed by atoms with Crippen LogP contribution in [0.4, 0.5) is 0 Å². The number of ether oxygens (including phenoxy) is 1. The molecule has 0 aliphatic heterocycles. The fourth-order valence-corrected chi connectivity index (χ4v) is 3.54. The number of aryl methyl sites for hydroxylation is 1. The van der Waals surface area contributed by atoms with Crippen LogP contribution in [0.2, 0.25) is 0 Å². The topological polar surface area (TPSA) is 88.0 Å². The summed E-state index contributed by atoms with van der Waals surface area (Å²) in [4.78, 5) is 2.22. The van der Waals surface area contributed by atoms with Crippen molar-refractivity contribution in [3.63, 3.8) is 0 Å². The highest BCUT2D eigenvalue weighted by Gasteiger charge is 2.16. The van der Waals surface area contributed by atoms with E-state index in [2.05, 4.69) is 41.8 Å². The fraction of sp³-hybridized carbons (Fsp3) is 0.188. The number of hydrogen-bond acceptors (Lipinski definition) is 5. The largest absolute Gasteiger partial charge is 0.504 e. The van der Waals surface area contributed by atoms with E-state index in [0.29, 0.717) is 15.6 Å². The van der Waals surface area contributed by atoms with Gasteiger partial charge in [0.2, 0.25) is 0 Å². The summed E-state index contributed by atoms with van der Waals surface area (Å²) in [7, 11) is -3.79. The second-order valence-corrected chi connectivity index (χ2v) is 8.34. The number of aromatic hydroxyl groups is 1. The van der Waals surface area contributed by atoms with Crippen molar-refractivity contribution in [2.75, 3.05) is 6.61 Å². The van der Waals surface area contributed by atoms with Gasteiger partial charge in [-0.1, -0.05) is 17.7 Å². The predicted molar refractivity (Wildman–Crippen MR) is 104 cm³/mol. The van der Waals surface area contributed by atoms with Crippen LogP contribution < -0.4 is 9.57 Å². The van der Waals surface area contributed by atoms with E-state index in [1.54, 1.807) is 25.1 Å². The first-order chi connectivity index (χ1) is 11.8. The molecule has 0 aliphatic rings. The number of phenols is 1. The third-order valence-electron chi connectivity index (χ3n) is 3.19. The molecule has 0 fully saturated rings. The molecule has 0 saturated carbocycles. The lowest BCUT2D eigenvalue weighted by Gasteiger charge is -2.11. The van der Waals surface area contributed by atoms with Gasteiger partial charge in [0.05, 0.1) is 23.3 Å². The Hall–Kier alpha value is -1.58. The third-order valence-corrected chi connectivity index (χ3v) is 6.44. The van der Waals surface area contributed by atoms with Gasteiger partial charge < -0.3 is 9.84 Å². The van der Waals surface area contributed by atoms with Gasteiger partial charge >= 0.3 is 0 Å². The Kier molecular flexibility index (Phi) is 6.47. The maximum absolute atomic E-state index is 12.2. The molecule has 25 heavy (non-hydrogen) atoms. The van der Waals surface area contributed by atoms with Gasteiger partial charge in [-0.2, -0.15) is 13.5 Å². The van der Waals surface area contributed by atoms with Crippen LogP contribution in [0, 0.1) is 6.92 Å². The van der Waals surface area contributed by atoms with Gasteiger partial charge in [0, 0.05) is 8.95 Å². The summed E-state index contributed by atoms with van der Waals surface area (Å²) in [6.07, 6.45) is 1.21. The number of nitrogens with one attached hydrogen (secondary N) is 1. The minimum Gasteiger partial charge on any atom is -0.504 e. The Labute approximate surface area is 163 Å². The van der Waals surface area contributed by atoms with Crippen LogP contribution in [0.25, 0.3) is 0 Å². The van der Waals surface area contributed by atoms with Gasteiger partial charge in [-0.05, 0) is 63.9 Å². The normalized spacial score (nSPS) is 11.7. The van der Waals surface area contributed by atoms with Crippen LogP contribution in [0.3, 0.4) is 0 Å². The van der Waals surface area contributed by atoms with E-state index in [1.807, 2.05) is 6.92 Å². The highest BCUT2D eigenvalue weighted by molar-refractivity contribution is 9.13. The Morgan fingerprint density at radius 3 is 2.52 bits per heavy atom. The number of phenolic OH excluding ortho intramolecular Hbond substituents is 1. The molecule has 0 unspecified atom stereocenters. The molecule has 0 aliphatic carbocycles. The van der Waals surface area contributed by atoms with Gasteiger partial charge in [-0.3, -0.25) is 0 Å². The van der Waals surface area contributed by atoms with Gasteiger partial charge in [0.15, 0.2) is 11.5 Å². The van der Waals surface area contributed by atoms with E-state index >= 15 is 0 Å². The Balaban J connectivity index is 2.29. The molecule has 0 bridgehead atoms. The van der Waals surface area contributed by atoms with Crippen LogP contribution in [0.5, 0.6) is 11.5 Å². The molecule has 0 radical (unpaired) electrons. The van der Waals surface area contributed by atoms with E-state index in [9.17, 15) is 13.5 Å². The maximum atomic E-state index is 12.2. The highest BCUT2D eigenvalue weighted by atomic mass is 79.9. The van der Waals surface area contributed by atoms with Gasteiger partial charge in [0.25, 0.3) is 10.0 Å². The SMILES string of the molecule is CCOc1cc(Br)c(Br)c(/C=N\NS(=O)(=O)c2ccc(C)cc2)c1O. The van der Waals surface area contributed by atoms with Crippen molar-refractivity contribution in [1.29, 1.82) is 0 Å². The summed E-state index contributed by atoms with van der Waals surface area (Å²) >= 11 is 6.66. The number of hydrogen-bond donors (Lipinski definition) is 2. The fourth-order valence-electron chi connectivity index (χ4n) is 1.93. The molecule has 0 amide bonds. The number of sulfonamides is 1. The second kappa shape index (κ2) is 8.20. The molecular formula is C16H16Br2N2O4S. The number of hydrazone groups is 1. The Morgan fingerprint density at radius 1 is 1.28 bits per heavy atom. The first-order valence-corrected chi connectivity index (χ1v) is 10.3. The molecule has 0 heterocycles. The average molecular weight is 492 g/mol. The number of nitrogens with zero attached hydrogens (tertiary/aromatic N) is 1. The monoisotopic (exact) mass is 490 g/mol. The van der Waals surface area contributed by atoms with Crippen molar-refractivity contribution in [2.45, 2.75) is 18.7 Å². The molecule has 0 spiro atoms. The van der Waals surface area contributed by atoms with Gasteiger partial charge in [-0.15, -0.1) is 0 Å². The molecule has 0 saturated heterocycles. The number of benzene rings is 2. The molecular weight excluding hydrogens is 476 g/mol. The summed E-state index contributed by atoms with van der Waals surface area (Å²) in [5.41, 5.74) is 1.23. The maximum Gasteiger partial charge on any atom is 0.276 e. The minimum atomic E-state index is -3.79. The second-order valence-electron chi connectivity index (χ2n) is 5.03. The molecule has 2 aromatic carbocycles. The van der Waals surface area contributed by atoms with E-state index in [4.69, 9.17) is 4.74 Å². The lowest BCUT2D eigenvalue weighted by Crippen LogP contribution is -2.18. The van der Waals surface area contributed by atoms with Crippen molar-refractivity contribution in [3.05, 3.63) is 50.4 Å². The van der Waals surface area contributed by atoms with Crippen molar-refractivity contribution < 1.29 is 18.3 Å². The standard InChI is InChI=1S/C16H16Br2N2O4S/c1-3-24-14-8-13(17)15(18)12(16(14)21)9-19-20-25(22,23)11-6-4-10(2)5-7-11/h4-9,20-21H,3H2,1-2H3/b19-9-. The summed E-state index contributed by atoms with van der Waals surface area (Å²) in [6, 6.07) is 7.99. The van der Waals surface area contributed by atoms with Crippen molar-refractivity contribution in [2.24, 2.45) is 5.10 Å². The molecule has 0 aromatic heterocycles. The molecule has 6 nitrogen and oxygen atoms in total. The van der Waals surface area contributed by atoms with E-state index in [0.717, 1.165) is 5.56 Å². The first-order valence-electron chi connectivity index (χ1n) is 7.21. The predicted octanol–water partition coefficient (Wildman–Crippen LogP) is 3.94. The van der Waals surface area contributed by atoms with Crippen molar-refractivity contribution in [3.8, 4) is 11.5 Å². The zero-order valence-corrected chi connectivity index (χ0v) is 17.4. The molecule has 2 aromatic rings. The molecule has 2 N–H and O–H groups in total. The Morgan fingerprint density at radius 2 is 1.92 bits per heavy atom. The van der Waals surface area contributed by atoms with Crippen LogP contribution in [-0.4, -0.2) is 26.3 Å². The number of halogens is 2. The lowest BCUT2D eigenvalue weighted by molar-refractivity contribution is 0.317. The summed E-state index contributed by atoms with van der Waals surface area (Å²) in [6.45, 7) is 4.03. The molecule has 9 heteroatoms. The van der Waals surface area contributed by atoms with Crippen LogP contribution in [0.1, 0.15) is 18.1 Å². The van der Waals surface area contributed by atoms with Crippen LogP contribution in [-0.2, 0) is 10.0 Å². The molecule has 0 atom stereocenters. The van der Waals surface area contributed by atoms with E-state index < -0.39 is 10.0 Å². The zero-order valence-electron chi connectivity index (χ0n) is 13.5. The minimum absolute atomic E-state index is 0.0998. The first kappa shape index (κ1) is 19.7. The smallest absolute Gasteiger partial charge is 0.276 e. The van der Waals surface area contributed by atoms with Gasteiger partial charge in [0.1, 0.15) is 0 Å². The zero-order chi connectivity index (χ0) is 18.6. The van der Waals surface area contributed by atoms with E-state index in [-0.39, 0.29) is 22.0 Å². The number of rotatable bonds is 6. The van der Waals surface area contributed by atoms with Crippen molar-refractivity contribution in [1.82, 2.24) is 4.83 Å². The summed E-state index contributed by atoms with van der Waals surface area (Å²) in [5.74, 6) is 0.121. The van der Waals surface area contributed by atoms with Crippen LogP contribution >= 0.6 is 31.9 Å². The quantitative estimate of drug-likeness (QED) is 0.473. The average Bonchev–Trinajstić information content (AvgIpc) is 2.56. The van der Waals surface area contributed by atoms with Gasteiger partial charge in [-0.25, -0.2) is 4.83 Å². The lowest BCUT2D eigenvalue weighted by atomic mass is 10.2. The Bertz CT molecular complexity index is 897. The molecule has 134 valence electrons. The third kappa shape index (κ3) is 4.74. The van der Waals surface area contributed by atoms with Crippen molar-refractivity contribution >= 4 is 48.1 Å².